The molecule has 0 atom stereocenters. The molecule has 0 heterocycles. The normalized spacial score (nSPS) is 14.0. The summed E-state index contributed by atoms with van der Waals surface area (Å²) in [5.74, 6) is -0.749. The first-order valence-corrected chi connectivity index (χ1v) is 17.9. The third-order valence-electron chi connectivity index (χ3n) is 6.94. The molecule has 237 valence electrons. The molecule has 0 bridgehead atoms. The summed E-state index contributed by atoms with van der Waals surface area (Å²) in [5, 5.41) is 0. The molecule has 0 amide bonds. The molecule has 0 unspecified atom stereocenters. The van der Waals surface area contributed by atoms with Gasteiger partial charge in [0.15, 0.2) is 0 Å². The van der Waals surface area contributed by atoms with Crippen molar-refractivity contribution in [2.24, 2.45) is 32.5 Å². The van der Waals surface area contributed by atoms with Gasteiger partial charge in [-0.3, -0.25) is 0 Å². The van der Waals surface area contributed by atoms with E-state index in [2.05, 4.69) is 0 Å². The predicted molar refractivity (Wildman–Crippen MR) is 158 cm³/mol. The van der Waals surface area contributed by atoms with Crippen LogP contribution in [0.1, 0.15) is 123 Å². The topological polar surface area (TPSA) is 102 Å². The second-order valence-electron chi connectivity index (χ2n) is 16.2. The fraction of sp³-hybridized carbons (Fsp3) is 0.818. The van der Waals surface area contributed by atoms with Gasteiger partial charge in [-0.05, 0) is 0 Å². The number of ketones is 6. The van der Waals surface area contributed by atoms with E-state index in [1.807, 2.05) is 41.5 Å². The van der Waals surface area contributed by atoms with Gasteiger partial charge in [0.2, 0.25) is 0 Å². The van der Waals surface area contributed by atoms with Crippen LogP contribution in [0, 0.1) is 64.0 Å². The van der Waals surface area contributed by atoms with Crippen LogP contribution in [0.5, 0.6) is 0 Å². The zero-order valence-electron chi connectivity index (χ0n) is 28.0. The number of carbonyl (C=O) groups is 6. The van der Waals surface area contributed by atoms with Crippen LogP contribution in [-0.4, -0.2) is 34.7 Å². The van der Waals surface area contributed by atoms with Crippen molar-refractivity contribution in [3.8, 4) is 0 Å². The monoisotopic (exact) mass is 715 g/mol. The molecule has 0 rings (SSSR count). The molecule has 7 heteroatoms. The Labute approximate surface area is 256 Å². The fourth-order valence-electron chi connectivity index (χ4n) is 3.31. The van der Waals surface area contributed by atoms with Gasteiger partial charge < -0.3 is 0 Å². The van der Waals surface area contributed by atoms with Crippen molar-refractivity contribution < 1.29 is 60.3 Å². The van der Waals surface area contributed by atoms with Gasteiger partial charge in [0.1, 0.15) is 0 Å². The summed E-state index contributed by atoms with van der Waals surface area (Å²) in [6.45, 7) is 27.3. The van der Waals surface area contributed by atoms with Crippen molar-refractivity contribution >= 4 is 34.7 Å². The first-order chi connectivity index (χ1) is 17.4. The van der Waals surface area contributed by atoms with Gasteiger partial charge in [0, 0.05) is 0 Å². The molecule has 0 aliphatic carbocycles. The Hall–Kier alpha value is -0.733. The van der Waals surface area contributed by atoms with E-state index in [0.717, 1.165) is 0 Å². The van der Waals surface area contributed by atoms with E-state index < -0.39 is 64.0 Å². The maximum absolute atomic E-state index is 13.3. The minimum atomic E-state index is -2.04. The average molecular weight is 717 g/mol. The zero-order valence-corrected chi connectivity index (χ0v) is 29.8. The van der Waals surface area contributed by atoms with Gasteiger partial charge in [0.05, 0.1) is 0 Å². The van der Waals surface area contributed by atoms with Crippen LogP contribution in [0.4, 0.5) is 0 Å². The minimum absolute atomic E-state index is 0.115. The third-order valence-corrected chi connectivity index (χ3v) is 14.6. The average Bonchev–Trinajstić information content (AvgIpc) is 2.70. The summed E-state index contributed by atoms with van der Waals surface area (Å²) in [4.78, 5) is 78.0. The van der Waals surface area contributed by atoms with Crippen molar-refractivity contribution in [2.75, 3.05) is 0 Å². The summed E-state index contributed by atoms with van der Waals surface area (Å²) >= 11 is -2.04. The summed E-state index contributed by atoms with van der Waals surface area (Å²) in [5.41, 5.74) is -4.28. The molecule has 0 spiro atoms. The van der Waals surface area contributed by atoms with E-state index in [-0.39, 0.29) is 54.0 Å². The van der Waals surface area contributed by atoms with Crippen LogP contribution in [0.3, 0.4) is 0 Å². The Morgan fingerprint density at radius 2 is 0.525 bits per heavy atom. The van der Waals surface area contributed by atoms with Crippen molar-refractivity contribution in [1.29, 1.82) is 0 Å². The van der Waals surface area contributed by atoms with Crippen LogP contribution in [-0.2, 0) is 28.8 Å². The second kappa shape index (κ2) is 13.7. The van der Waals surface area contributed by atoms with Crippen molar-refractivity contribution in [3.63, 3.8) is 0 Å². The first kappa shape index (κ1) is 39.3. The Balaban J connectivity index is 6.21. The molecule has 0 aliphatic heterocycles. The molecule has 6 nitrogen and oxygen atoms in total. The number of carbonyl (C=O) groups excluding carboxylic acids is 6. The molecule has 0 radical (unpaired) electrons. The summed E-state index contributed by atoms with van der Waals surface area (Å²) in [6.07, 6.45) is -0.451. The van der Waals surface area contributed by atoms with Gasteiger partial charge >= 0.3 is 258 Å². The van der Waals surface area contributed by atoms with Crippen LogP contribution in [0.25, 0.3) is 0 Å². The molecule has 0 fully saturated rings. The first-order valence-electron chi connectivity index (χ1n) is 14.0. The molecule has 0 N–H and O–H groups in total. The maximum atomic E-state index is 13.3. The molecule has 0 aromatic carbocycles. The Morgan fingerprint density at radius 3 is 0.675 bits per heavy atom. The molecular formula is C33H57ErO6. The summed E-state index contributed by atoms with van der Waals surface area (Å²) in [6, 6.07) is 0. The van der Waals surface area contributed by atoms with E-state index in [0.29, 0.717) is 7.74 Å². The third kappa shape index (κ3) is 12.6. The van der Waals surface area contributed by atoms with Crippen LogP contribution in [0.2, 0.25) is 7.74 Å². The van der Waals surface area contributed by atoms with Gasteiger partial charge in [0.25, 0.3) is 0 Å². The molecule has 0 aromatic rings. The molecule has 40 heavy (non-hydrogen) atoms. The Bertz CT molecular complexity index is 865. The molecule has 0 saturated heterocycles. The summed E-state index contributed by atoms with van der Waals surface area (Å²) in [7, 11) is 0. The molecule has 0 saturated carbocycles. The molecule has 0 aliphatic rings. The standard InChI is InChI=1S/3C11H19O2.Er/c3*1-10(2,3)8(12)7-9(13)11(4,5)6;/h3*1,7H2,2-6H3;. The molecule has 0 aromatic heterocycles. The molecular weight excluding hydrogens is 660 g/mol. The van der Waals surface area contributed by atoms with Crippen molar-refractivity contribution in [1.82, 2.24) is 0 Å². The van der Waals surface area contributed by atoms with E-state index in [1.165, 1.54) is 0 Å². The van der Waals surface area contributed by atoms with Gasteiger partial charge in [-0.25, -0.2) is 0 Å². The second-order valence-corrected chi connectivity index (χ2v) is 21.0. The van der Waals surface area contributed by atoms with E-state index in [9.17, 15) is 28.8 Å². The number of hydrogen-bond donors (Lipinski definition) is 0. The number of rotatable bonds is 15. The van der Waals surface area contributed by atoms with Gasteiger partial charge in [-0.1, -0.05) is 0 Å². The van der Waals surface area contributed by atoms with E-state index in [1.54, 1.807) is 62.3 Å². The van der Waals surface area contributed by atoms with E-state index in [4.69, 9.17) is 0 Å². The van der Waals surface area contributed by atoms with Crippen LogP contribution in [0.15, 0.2) is 0 Å². The number of Topliss-reactive ketones (excluding diaryl/α,β-unsaturated/α-hetero) is 6. The Morgan fingerprint density at radius 1 is 0.350 bits per heavy atom. The van der Waals surface area contributed by atoms with E-state index >= 15 is 0 Å². The predicted octanol–water partition coefficient (Wildman–Crippen LogP) is 7.66. The number of hydrogen-bond acceptors (Lipinski definition) is 6. The van der Waals surface area contributed by atoms with Crippen LogP contribution >= 0.6 is 0 Å². The Kier molecular flexibility index (Phi) is 13.5. The SMILES string of the molecule is CC(C)(C)C(=O)CC(=O)C(C)(C)[CH2][Er]([CH2]C(C)(C)C(=O)CC(=O)C(C)(C)C)[CH2]C(C)(C)C(=O)CC(=O)C(C)(C)C. The zero-order chi connectivity index (χ0) is 32.3. The summed E-state index contributed by atoms with van der Waals surface area (Å²) < 4.78 is 1.53. The quantitative estimate of drug-likeness (QED) is 0.161. The van der Waals surface area contributed by atoms with Crippen LogP contribution < -0.4 is 0 Å². The van der Waals surface area contributed by atoms with Crippen molar-refractivity contribution in [3.05, 3.63) is 0 Å². The van der Waals surface area contributed by atoms with Crippen molar-refractivity contribution in [2.45, 2.75) is 131 Å². The fourth-order valence-corrected chi connectivity index (χ4v) is 12.0. The van der Waals surface area contributed by atoms with Gasteiger partial charge in [-0.15, -0.1) is 0 Å². The van der Waals surface area contributed by atoms with Gasteiger partial charge in [-0.2, -0.15) is 0 Å².